The number of para-hydroxylation sites is 1. The van der Waals surface area contributed by atoms with Gasteiger partial charge < -0.3 is 5.32 Å². The third-order valence-corrected chi connectivity index (χ3v) is 10.2. The third-order valence-electron chi connectivity index (χ3n) is 9.35. The molecule has 2 aliphatic rings. The molecule has 16 heteroatoms. The first-order valence-corrected chi connectivity index (χ1v) is 19.3. The molecule has 7 aromatic rings. The van der Waals surface area contributed by atoms with Gasteiger partial charge in [0.1, 0.15) is 11.6 Å². The van der Waals surface area contributed by atoms with Crippen LogP contribution in [0.3, 0.4) is 0 Å². The van der Waals surface area contributed by atoms with E-state index in [0.717, 1.165) is 37.0 Å². The Morgan fingerprint density at radius 3 is 1.52 bits per heavy atom. The summed E-state index contributed by atoms with van der Waals surface area (Å²) in [5.41, 5.74) is 4.98. The van der Waals surface area contributed by atoms with E-state index in [-0.39, 0.29) is 44.4 Å². The predicted octanol–water partition coefficient (Wildman–Crippen LogP) is 7.69. The number of nitrogens with one attached hydrogen (secondary N) is 1. The van der Waals surface area contributed by atoms with Gasteiger partial charge in [-0.1, -0.05) is 64.7 Å². The summed E-state index contributed by atoms with van der Waals surface area (Å²) in [4.78, 5) is 43.0. The average molecular weight is 810 g/mol. The highest BCUT2D eigenvalue weighted by Gasteiger charge is 2.28. The van der Waals surface area contributed by atoms with Gasteiger partial charge in [0.2, 0.25) is 20.9 Å². The van der Waals surface area contributed by atoms with Gasteiger partial charge in [0, 0.05) is 50.5 Å². The Labute approximate surface area is 335 Å². The molecule has 302 valence electrons. The average Bonchev–Trinajstić information content (AvgIpc) is 3.97. The number of anilines is 2. The molecular formula is C42H45F2N9O4S. The summed E-state index contributed by atoms with van der Waals surface area (Å²) in [6.07, 6.45) is 5.76. The highest BCUT2D eigenvalue weighted by atomic mass is 32.2. The van der Waals surface area contributed by atoms with Crippen molar-refractivity contribution in [1.82, 2.24) is 38.7 Å². The lowest BCUT2D eigenvalue weighted by molar-refractivity contribution is 0.590. The Kier molecular flexibility index (Phi) is 12.7. The van der Waals surface area contributed by atoms with Crippen LogP contribution in [0.2, 0.25) is 0 Å². The summed E-state index contributed by atoms with van der Waals surface area (Å²) in [6, 6.07) is 24.7. The van der Waals surface area contributed by atoms with E-state index < -0.39 is 15.7 Å². The van der Waals surface area contributed by atoms with Gasteiger partial charge >= 0.3 is 0 Å². The molecule has 0 aliphatic carbocycles. The largest absolute Gasteiger partial charge is 0.324 e. The van der Waals surface area contributed by atoms with Gasteiger partial charge in [0.15, 0.2) is 0 Å². The number of hydrogen-bond acceptors (Lipinski definition) is 9. The number of fused-ring (bicyclic) bond motifs is 2. The van der Waals surface area contributed by atoms with Crippen LogP contribution in [0, 0.1) is 11.6 Å². The molecule has 13 nitrogen and oxygen atoms in total. The number of rotatable bonds is 7. The molecular weight excluding hydrogens is 765 g/mol. The standard InChI is InChI=1S/C22H18FN5O.C17H15FN4O3S.3CH4/c23-16-9-7-15(8-10-16)19-20(27-13-4-14-28(27)21(19)29)18-11-12-24-22(26-18)25-17-5-2-1-3-6-17;1-26(24,25)17-19-8-7-13(20-17)15-14(11-3-5-12(18)6-4-11)16(23)22-10-2-9-21(15)22;;;/h1-3,5-12H,4,13-14H2,(H,24,25,26);3-8H,2,9-10H2,1H3;3*1H4. The minimum Gasteiger partial charge on any atom is -0.324 e. The maximum absolute atomic E-state index is 13.4. The normalized spacial score (nSPS) is 12.5. The summed E-state index contributed by atoms with van der Waals surface area (Å²) >= 11 is 0. The van der Waals surface area contributed by atoms with Crippen molar-refractivity contribution < 1.29 is 17.2 Å². The molecule has 0 saturated carbocycles. The van der Waals surface area contributed by atoms with E-state index in [1.54, 1.807) is 44.5 Å². The molecule has 1 N–H and O–H groups in total. The van der Waals surface area contributed by atoms with Gasteiger partial charge in [-0.2, -0.15) is 0 Å². The number of aromatic nitrogens is 8. The summed E-state index contributed by atoms with van der Waals surface area (Å²) in [6.45, 7) is 2.57. The molecule has 0 atom stereocenters. The molecule has 58 heavy (non-hydrogen) atoms. The molecule has 0 unspecified atom stereocenters. The van der Waals surface area contributed by atoms with Crippen molar-refractivity contribution in [2.45, 2.75) is 66.5 Å². The van der Waals surface area contributed by atoms with Crippen LogP contribution in [-0.4, -0.2) is 53.3 Å². The van der Waals surface area contributed by atoms with E-state index in [2.05, 4.69) is 25.3 Å². The van der Waals surface area contributed by atoms with Crippen molar-refractivity contribution in [3.63, 3.8) is 0 Å². The lowest BCUT2D eigenvalue weighted by atomic mass is 10.0. The van der Waals surface area contributed by atoms with E-state index in [4.69, 9.17) is 0 Å². The van der Waals surface area contributed by atoms with Crippen LogP contribution in [0.15, 0.2) is 118 Å². The minimum absolute atomic E-state index is 0. The molecule has 4 aromatic heterocycles. The fourth-order valence-corrected chi connectivity index (χ4v) is 7.47. The van der Waals surface area contributed by atoms with Crippen LogP contribution in [0.5, 0.6) is 0 Å². The SMILES string of the molecule is C.C.C.CS(=O)(=O)c1nccc(-c2c(-c3ccc(F)cc3)c(=O)n3n2CCC3)n1.O=c1c(-c2ccc(F)cc2)c(-c2ccnc(Nc3ccccc3)n2)n2n1CCC2. The molecule has 3 aromatic carbocycles. The van der Waals surface area contributed by atoms with Gasteiger partial charge in [-0.25, -0.2) is 46.5 Å². The van der Waals surface area contributed by atoms with Crippen molar-refractivity contribution in [3.05, 3.63) is 136 Å². The Bertz CT molecular complexity index is 2780. The Morgan fingerprint density at radius 1 is 0.586 bits per heavy atom. The van der Waals surface area contributed by atoms with Crippen molar-refractivity contribution in [2.75, 3.05) is 11.6 Å². The van der Waals surface area contributed by atoms with Crippen molar-refractivity contribution in [3.8, 4) is 45.0 Å². The zero-order valence-electron chi connectivity index (χ0n) is 29.4. The molecule has 0 fully saturated rings. The Balaban J connectivity index is 0.000000211. The second-order valence-corrected chi connectivity index (χ2v) is 14.9. The topological polar surface area (TPSA) is 152 Å². The van der Waals surface area contributed by atoms with Crippen LogP contribution in [0.1, 0.15) is 35.1 Å². The fraction of sp³-hybridized carbons (Fsp3) is 0.238. The first kappa shape index (κ1) is 42.6. The number of halogens is 2. The number of sulfone groups is 1. The number of benzene rings is 3. The summed E-state index contributed by atoms with van der Waals surface area (Å²) in [5.74, 6) is -0.285. The van der Waals surface area contributed by atoms with Gasteiger partial charge in [0.05, 0.1) is 33.9 Å². The Hall–Kier alpha value is -6.55. The highest BCUT2D eigenvalue weighted by Crippen LogP contribution is 2.33. The first-order chi connectivity index (χ1) is 26.6. The quantitative estimate of drug-likeness (QED) is 0.160. The van der Waals surface area contributed by atoms with Gasteiger partial charge in [-0.05, 0) is 72.5 Å². The molecule has 0 spiro atoms. The molecule has 6 heterocycles. The van der Waals surface area contributed by atoms with Crippen LogP contribution >= 0.6 is 0 Å². The number of nitrogens with zero attached hydrogens (tertiary/aromatic N) is 8. The maximum atomic E-state index is 13.4. The molecule has 0 amide bonds. The molecule has 2 aliphatic heterocycles. The fourth-order valence-electron chi connectivity index (χ4n) is 6.96. The van der Waals surface area contributed by atoms with Crippen LogP contribution in [0.25, 0.3) is 45.0 Å². The van der Waals surface area contributed by atoms with E-state index in [9.17, 15) is 26.8 Å². The second kappa shape index (κ2) is 17.3. The molecule has 0 bridgehead atoms. The zero-order chi connectivity index (χ0) is 38.3. The van der Waals surface area contributed by atoms with Crippen LogP contribution < -0.4 is 16.4 Å². The molecule has 0 saturated heterocycles. The molecule has 9 rings (SSSR count). The number of hydrogen-bond donors (Lipinski definition) is 1. The predicted molar refractivity (Wildman–Crippen MR) is 222 cm³/mol. The van der Waals surface area contributed by atoms with Crippen molar-refractivity contribution >= 4 is 21.5 Å². The van der Waals surface area contributed by atoms with Crippen LogP contribution in [-0.2, 0) is 36.0 Å². The minimum atomic E-state index is -3.59. The lowest BCUT2D eigenvalue weighted by Gasteiger charge is -2.10. The van der Waals surface area contributed by atoms with Gasteiger partial charge in [-0.3, -0.25) is 19.0 Å². The summed E-state index contributed by atoms with van der Waals surface area (Å²) < 4.78 is 57.5. The van der Waals surface area contributed by atoms with Gasteiger partial charge in [0.25, 0.3) is 11.1 Å². The van der Waals surface area contributed by atoms with Crippen molar-refractivity contribution in [2.24, 2.45) is 0 Å². The Morgan fingerprint density at radius 2 is 1.03 bits per heavy atom. The van der Waals surface area contributed by atoms with Crippen molar-refractivity contribution in [1.29, 1.82) is 0 Å². The monoisotopic (exact) mass is 809 g/mol. The maximum Gasteiger partial charge on any atom is 0.275 e. The van der Waals surface area contributed by atoms with E-state index in [1.807, 2.05) is 35.0 Å². The molecule has 0 radical (unpaired) electrons. The first-order valence-electron chi connectivity index (χ1n) is 17.4. The van der Waals surface area contributed by atoms with Gasteiger partial charge in [-0.15, -0.1) is 0 Å². The third kappa shape index (κ3) is 8.14. The zero-order valence-corrected chi connectivity index (χ0v) is 30.2. The van der Waals surface area contributed by atoms with E-state index in [1.165, 1.54) is 42.6 Å². The smallest absolute Gasteiger partial charge is 0.275 e. The lowest BCUT2D eigenvalue weighted by Crippen LogP contribution is -2.17. The van der Waals surface area contributed by atoms with E-state index in [0.29, 0.717) is 64.9 Å². The summed E-state index contributed by atoms with van der Waals surface area (Å²) in [5, 5.41) is 2.89. The second-order valence-electron chi connectivity index (χ2n) is 13.0. The van der Waals surface area contributed by atoms with Crippen LogP contribution in [0.4, 0.5) is 20.4 Å². The highest BCUT2D eigenvalue weighted by molar-refractivity contribution is 7.90. The summed E-state index contributed by atoms with van der Waals surface area (Å²) in [7, 11) is -3.59. The van der Waals surface area contributed by atoms with E-state index >= 15 is 0 Å².